The molecule has 0 aliphatic carbocycles. The van der Waals surface area contributed by atoms with E-state index in [0.29, 0.717) is 0 Å². The van der Waals surface area contributed by atoms with Crippen LogP contribution in [0.2, 0.25) is 0 Å². The zero-order valence-electron chi connectivity index (χ0n) is 11.9. The van der Waals surface area contributed by atoms with E-state index in [0.717, 1.165) is 42.8 Å². The largest absolute Gasteiger partial charge is 0.489 e. The van der Waals surface area contributed by atoms with E-state index in [1.165, 1.54) is 11.6 Å². The molecule has 0 saturated carbocycles. The van der Waals surface area contributed by atoms with Crippen molar-refractivity contribution in [1.29, 1.82) is 0 Å². The van der Waals surface area contributed by atoms with E-state index in [4.69, 9.17) is 4.74 Å². The lowest BCUT2D eigenvalue weighted by atomic mass is 9.98. The van der Waals surface area contributed by atoms with Crippen molar-refractivity contribution in [3.8, 4) is 5.75 Å². The average molecular weight is 307 g/mol. The Bertz CT molecular complexity index is 667. The Hall–Kier alpha value is -2.17. The van der Waals surface area contributed by atoms with Crippen molar-refractivity contribution >= 4 is 5.69 Å². The molecule has 1 aliphatic heterocycles. The van der Waals surface area contributed by atoms with Gasteiger partial charge in [-0.25, -0.2) is 0 Å². The van der Waals surface area contributed by atoms with Crippen LogP contribution in [0, 0.1) is 0 Å². The molecular formula is C17H16F3NO. The topological polar surface area (TPSA) is 21.3 Å². The van der Waals surface area contributed by atoms with E-state index in [2.05, 4.69) is 5.32 Å². The fourth-order valence-electron chi connectivity index (χ4n) is 2.64. The fourth-order valence-corrected chi connectivity index (χ4v) is 2.64. The summed E-state index contributed by atoms with van der Waals surface area (Å²) in [6, 6.07) is 10.9. The van der Waals surface area contributed by atoms with Gasteiger partial charge in [-0.3, -0.25) is 0 Å². The lowest BCUT2D eigenvalue weighted by Gasteiger charge is -2.21. The normalized spacial score (nSPS) is 14.1. The number of hydrogen-bond donors (Lipinski definition) is 1. The van der Waals surface area contributed by atoms with Gasteiger partial charge in [0.05, 0.1) is 5.56 Å². The molecule has 0 unspecified atom stereocenters. The number of alkyl halides is 3. The van der Waals surface area contributed by atoms with Crippen LogP contribution in [0.5, 0.6) is 5.75 Å². The highest BCUT2D eigenvalue weighted by atomic mass is 19.4. The van der Waals surface area contributed by atoms with E-state index < -0.39 is 11.7 Å². The first-order valence-electron chi connectivity index (χ1n) is 7.19. The van der Waals surface area contributed by atoms with E-state index >= 15 is 0 Å². The van der Waals surface area contributed by atoms with E-state index in [1.807, 2.05) is 18.2 Å². The number of ether oxygens (including phenoxy) is 1. The Kier molecular flexibility index (Phi) is 3.96. The monoisotopic (exact) mass is 307 g/mol. The second kappa shape index (κ2) is 5.91. The molecule has 0 fully saturated rings. The summed E-state index contributed by atoms with van der Waals surface area (Å²) < 4.78 is 43.6. The maximum Gasteiger partial charge on any atom is 0.416 e. The molecule has 2 aromatic carbocycles. The van der Waals surface area contributed by atoms with Crippen molar-refractivity contribution in [3.05, 3.63) is 59.2 Å². The predicted octanol–water partition coefficient (Wildman–Crippen LogP) is 4.64. The summed E-state index contributed by atoms with van der Waals surface area (Å²) in [4.78, 5) is 0. The first-order chi connectivity index (χ1) is 10.5. The number of benzene rings is 2. The van der Waals surface area contributed by atoms with Crippen molar-refractivity contribution in [3.63, 3.8) is 0 Å². The number of hydrogen-bond acceptors (Lipinski definition) is 2. The summed E-state index contributed by atoms with van der Waals surface area (Å²) in [6.45, 7) is 1.22. The van der Waals surface area contributed by atoms with Crippen molar-refractivity contribution in [2.24, 2.45) is 0 Å². The van der Waals surface area contributed by atoms with Gasteiger partial charge in [-0.15, -0.1) is 0 Å². The lowest BCUT2D eigenvalue weighted by molar-refractivity contribution is -0.137. The Morgan fingerprint density at radius 2 is 1.91 bits per heavy atom. The average Bonchev–Trinajstić information content (AvgIpc) is 2.52. The van der Waals surface area contributed by atoms with Gasteiger partial charge in [-0.1, -0.05) is 18.2 Å². The third-order valence-corrected chi connectivity index (χ3v) is 3.75. The van der Waals surface area contributed by atoms with Gasteiger partial charge in [0.15, 0.2) is 0 Å². The molecular weight excluding hydrogens is 291 g/mol. The van der Waals surface area contributed by atoms with Crippen LogP contribution in [0.4, 0.5) is 18.9 Å². The van der Waals surface area contributed by atoms with Gasteiger partial charge >= 0.3 is 6.18 Å². The number of fused-ring (bicyclic) bond motifs is 1. The molecule has 1 aliphatic rings. The highest BCUT2D eigenvalue weighted by molar-refractivity contribution is 5.56. The molecule has 0 amide bonds. The standard InChI is InChI=1S/C17H16F3NO/c18-17(19,20)13-5-2-6-14(10-13)22-11-12-4-1-8-16-15(12)7-3-9-21-16/h1-2,4-6,8,10,21H,3,7,9,11H2. The minimum Gasteiger partial charge on any atom is -0.489 e. The van der Waals surface area contributed by atoms with Gasteiger partial charge in [0.2, 0.25) is 0 Å². The van der Waals surface area contributed by atoms with E-state index in [1.54, 1.807) is 6.07 Å². The van der Waals surface area contributed by atoms with Crippen LogP contribution in [0.1, 0.15) is 23.1 Å². The Morgan fingerprint density at radius 3 is 2.73 bits per heavy atom. The zero-order chi connectivity index (χ0) is 15.6. The van der Waals surface area contributed by atoms with Gasteiger partial charge in [0, 0.05) is 12.2 Å². The van der Waals surface area contributed by atoms with Crippen LogP contribution < -0.4 is 10.1 Å². The first-order valence-corrected chi connectivity index (χ1v) is 7.19. The smallest absolute Gasteiger partial charge is 0.416 e. The molecule has 1 N–H and O–H groups in total. The number of anilines is 1. The summed E-state index contributed by atoms with van der Waals surface area (Å²) >= 11 is 0. The van der Waals surface area contributed by atoms with Crippen LogP contribution in [0.3, 0.4) is 0 Å². The van der Waals surface area contributed by atoms with E-state index in [9.17, 15) is 13.2 Å². The maximum absolute atomic E-state index is 12.7. The molecule has 1 heterocycles. The molecule has 0 spiro atoms. The number of nitrogens with one attached hydrogen (secondary N) is 1. The van der Waals surface area contributed by atoms with Crippen LogP contribution in [-0.4, -0.2) is 6.54 Å². The lowest BCUT2D eigenvalue weighted by Crippen LogP contribution is -2.14. The molecule has 2 nitrogen and oxygen atoms in total. The SMILES string of the molecule is FC(F)(F)c1cccc(OCc2cccc3c2CCCN3)c1. The van der Waals surface area contributed by atoms with Gasteiger partial charge in [-0.2, -0.15) is 13.2 Å². The summed E-state index contributed by atoms with van der Waals surface area (Å²) in [5.74, 6) is 0.233. The van der Waals surface area contributed by atoms with Crippen molar-refractivity contribution in [1.82, 2.24) is 0 Å². The molecule has 0 saturated heterocycles. The maximum atomic E-state index is 12.7. The second-order valence-corrected chi connectivity index (χ2v) is 5.29. The molecule has 22 heavy (non-hydrogen) atoms. The van der Waals surface area contributed by atoms with Crippen molar-refractivity contribution < 1.29 is 17.9 Å². The number of halogens is 3. The number of rotatable bonds is 3. The van der Waals surface area contributed by atoms with Gasteiger partial charge in [0.25, 0.3) is 0 Å². The molecule has 2 aromatic rings. The molecule has 0 radical (unpaired) electrons. The summed E-state index contributed by atoms with van der Waals surface area (Å²) in [5.41, 5.74) is 2.61. The third kappa shape index (κ3) is 3.18. The van der Waals surface area contributed by atoms with E-state index in [-0.39, 0.29) is 12.4 Å². The molecule has 116 valence electrons. The van der Waals surface area contributed by atoms with Crippen molar-refractivity contribution in [2.45, 2.75) is 25.6 Å². The minimum absolute atomic E-state index is 0.233. The van der Waals surface area contributed by atoms with Gasteiger partial charge in [-0.05, 0) is 48.2 Å². The Morgan fingerprint density at radius 1 is 1.09 bits per heavy atom. The van der Waals surface area contributed by atoms with Crippen LogP contribution >= 0.6 is 0 Å². The minimum atomic E-state index is -4.35. The van der Waals surface area contributed by atoms with Gasteiger partial charge in [0.1, 0.15) is 12.4 Å². The predicted molar refractivity (Wildman–Crippen MR) is 79.0 cm³/mol. The summed E-state index contributed by atoms with van der Waals surface area (Å²) in [6.07, 6.45) is -2.34. The van der Waals surface area contributed by atoms with Crippen LogP contribution in [0.15, 0.2) is 42.5 Å². The Labute approximate surface area is 126 Å². The third-order valence-electron chi connectivity index (χ3n) is 3.75. The molecule has 0 atom stereocenters. The van der Waals surface area contributed by atoms with Crippen LogP contribution in [-0.2, 0) is 19.2 Å². The molecule has 0 aromatic heterocycles. The summed E-state index contributed by atoms with van der Waals surface area (Å²) in [7, 11) is 0. The Balaban J connectivity index is 1.76. The van der Waals surface area contributed by atoms with Gasteiger partial charge < -0.3 is 10.1 Å². The highest BCUT2D eigenvalue weighted by Gasteiger charge is 2.30. The molecule has 3 rings (SSSR count). The fraction of sp³-hybridized carbons (Fsp3) is 0.294. The second-order valence-electron chi connectivity index (χ2n) is 5.29. The quantitative estimate of drug-likeness (QED) is 0.891. The van der Waals surface area contributed by atoms with Crippen LogP contribution in [0.25, 0.3) is 0 Å². The summed E-state index contributed by atoms with van der Waals surface area (Å²) in [5, 5.41) is 3.33. The molecule has 0 bridgehead atoms. The molecule has 5 heteroatoms. The first kappa shape index (κ1) is 14.8. The van der Waals surface area contributed by atoms with Crippen molar-refractivity contribution in [2.75, 3.05) is 11.9 Å². The highest BCUT2D eigenvalue weighted by Crippen LogP contribution is 2.32. The zero-order valence-corrected chi connectivity index (χ0v) is 11.9.